The van der Waals surface area contributed by atoms with Crippen molar-refractivity contribution in [1.29, 1.82) is 0 Å². The van der Waals surface area contributed by atoms with Crippen LogP contribution in [0.3, 0.4) is 0 Å². The highest BCUT2D eigenvalue weighted by molar-refractivity contribution is 7.10. The Balaban J connectivity index is 2.09. The molecule has 0 saturated carbocycles. The van der Waals surface area contributed by atoms with E-state index in [0.29, 0.717) is 6.04 Å². The van der Waals surface area contributed by atoms with Gasteiger partial charge in [-0.2, -0.15) is 0 Å². The third kappa shape index (κ3) is 4.36. The van der Waals surface area contributed by atoms with Crippen LogP contribution in [0.25, 0.3) is 0 Å². The highest BCUT2D eigenvalue weighted by Gasteiger charge is 2.20. The molecule has 3 N–H and O–H groups in total. The van der Waals surface area contributed by atoms with Gasteiger partial charge in [0, 0.05) is 23.2 Å². The Morgan fingerprint density at radius 3 is 2.40 bits per heavy atom. The lowest BCUT2D eigenvalue weighted by Gasteiger charge is -2.27. The van der Waals surface area contributed by atoms with Crippen LogP contribution in [0.15, 0.2) is 41.8 Å². The second-order valence-electron chi connectivity index (χ2n) is 6.41. The van der Waals surface area contributed by atoms with Crippen LogP contribution in [0.5, 0.6) is 0 Å². The summed E-state index contributed by atoms with van der Waals surface area (Å²) in [6.07, 6.45) is 1.10. The fourth-order valence-corrected chi connectivity index (χ4v) is 3.07. The van der Waals surface area contributed by atoms with Gasteiger partial charge in [0.1, 0.15) is 0 Å². The first-order valence-electron chi connectivity index (χ1n) is 7.06. The van der Waals surface area contributed by atoms with E-state index in [0.717, 1.165) is 18.7 Å². The van der Waals surface area contributed by atoms with E-state index in [1.165, 1.54) is 10.4 Å². The molecule has 1 atom stereocenters. The van der Waals surface area contributed by atoms with Crippen LogP contribution in [0.1, 0.15) is 43.7 Å². The van der Waals surface area contributed by atoms with Gasteiger partial charge in [-0.25, -0.2) is 0 Å². The number of nitrogen functional groups attached to an aromatic ring is 1. The van der Waals surface area contributed by atoms with Gasteiger partial charge in [-0.1, -0.05) is 51.1 Å². The molecule has 0 saturated heterocycles. The van der Waals surface area contributed by atoms with Crippen LogP contribution in [-0.2, 0) is 6.54 Å². The minimum atomic E-state index is 0.286. The molecule has 0 aliphatic rings. The van der Waals surface area contributed by atoms with Crippen LogP contribution in [-0.4, -0.2) is 0 Å². The third-order valence-corrected chi connectivity index (χ3v) is 4.24. The van der Waals surface area contributed by atoms with Crippen molar-refractivity contribution in [3.05, 3.63) is 52.2 Å². The second-order valence-corrected chi connectivity index (χ2v) is 7.41. The molecule has 1 unspecified atom stereocenters. The molecule has 2 rings (SSSR count). The summed E-state index contributed by atoms with van der Waals surface area (Å²) in [5.74, 6) is 0. The van der Waals surface area contributed by atoms with E-state index in [1.807, 2.05) is 11.4 Å². The number of benzene rings is 1. The number of anilines is 1. The van der Waals surface area contributed by atoms with Gasteiger partial charge in [0.25, 0.3) is 0 Å². The molecule has 0 fully saturated rings. The summed E-state index contributed by atoms with van der Waals surface area (Å²) >= 11 is 1.72. The Hall–Kier alpha value is -1.32. The number of rotatable bonds is 5. The summed E-state index contributed by atoms with van der Waals surface area (Å²) in [5, 5.41) is 5.72. The molecule has 2 aromatic rings. The molecule has 1 aromatic carbocycles. The lowest BCUT2D eigenvalue weighted by Crippen LogP contribution is -2.25. The molecule has 1 aromatic heterocycles. The van der Waals surface area contributed by atoms with Gasteiger partial charge < -0.3 is 11.1 Å². The predicted molar refractivity (Wildman–Crippen MR) is 88.8 cm³/mol. The van der Waals surface area contributed by atoms with Crippen LogP contribution < -0.4 is 11.1 Å². The zero-order chi connectivity index (χ0) is 14.6. The number of nitrogens with two attached hydrogens (primary N) is 1. The number of hydrogen-bond donors (Lipinski definition) is 2. The topological polar surface area (TPSA) is 38.0 Å². The van der Waals surface area contributed by atoms with Gasteiger partial charge in [-0.15, -0.1) is 11.3 Å². The van der Waals surface area contributed by atoms with E-state index in [-0.39, 0.29) is 5.41 Å². The summed E-state index contributed by atoms with van der Waals surface area (Å²) in [4.78, 5) is 1.22. The van der Waals surface area contributed by atoms with Gasteiger partial charge in [0.05, 0.1) is 0 Å². The average Bonchev–Trinajstić information content (AvgIpc) is 2.80. The largest absolute Gasteiger partial charge is 0.398 e. The summed E-state index contributed by atoms with van der Waals surface area (Å²) in [6.45, 7) is 7.68. The maximum atomic E-state index is 5.96. The zero-order valence-corrected chi connectivity index (χ0v) is 13.3. The molecule has 20 heavy (non-hydrogen) atoms. The highest BCUT2D eigenvalue weighted by Crippen LogP contribution is 2.30. The molecule has 2 nitrogen and oxygen atoms in total. The first kappa shape index (κ1) is 15.1. The second kappa shape index (κ2) is 6.42. The molecule has 0 spiro atoms. The highest BCUT2D eigenvalue weighted by atomic mass is 32.1. The molecule has 0 amide bonds. The molecule has 3 heteroatoms. The van der Waals surface area contributed by atoms with E-state index in [4.69, 9.17) is 5.73 Å². The molecular weight excluding hydrogens is 264 g/mol. The van der Waals surface area contributed by atoms with Crippen molar-refractivity contribution >= 4 is 17.0 Å². The van der Waals surface area contributed by atoms with Crippen LogP contribution in [0.2, 0.25) is 0 Å². The lowest BCUT2D eigenvalue weighted by molar-refractivity contribution is 0.311. The van der Waals surface area contributed by atoms with E-state index in [1.54, 1.807) is 11.3 Å². The normalized spacial score (nSPS) is 13.3. The van der Waals surface area contributed by atoms with Gasteiger partial charge in [-0.05, 0) is 28.8 Å². The van der Waals surface area contributed by atoms with Crippen LogP contribution in [0.4, 0.5) is 5.69 Å². The minimum absolute atomic E-state index is 0.286. The monoisotopic (exact) mass is 288 g/mol. The summed E-state index contributed by atoms with van der Waals surface area (Å²) in [6, 6.07) is 13.0. The Labute approximate surface area is 126 Å². The number of nitrogens with one attached hydrogen (secondary N) is 1. The van der Waals surface area contributed by atoms with E-state index in [2.05, 4.69) is 56.4 Å². The van der Waals surface area contributed by atoms with E-state index < -0.39 is 0 Å². The minimum Gasteiger partial charge on any atom is -0.398 e. The predicted octanol–water partition coefficient (Wildman–Crippen LogP) is 4.60. The third-order valence-electron chi connectivity index (χ3n) is 3.31. The van der Waals surface area contributed by atoms with Crippen LogP contribution >= 0.6 is 11.3 Å². The fourth-order valence-electron chi connectivity index (χ4n) is 2.32. The molecule has 0 aliphatic heterocycles. The quantitative estimate of drug-likeness (QED) is 0.844. The molecule has 0 aliphatic carbocycles. The Morgan fingerprint density at radius 1 is 1.15 bits per heavy atom. The SMILES string of the molecule is CC(C)(C)CC(NCc1sccc1N)c1ccccc1. The van der Waals surface area contributed by atoms with E-state index >= 15 is 0 Å². The molecule has 1 heterocycles. The Kier molecular flexibility index (Phi) is 4.84. The van der Waals surface area contributed by atoms with Gasteiger partial charge >= 0.3 is 0 Å². The van der Waals surface area contributed by atoms with Crippen molar-refractivity contribution in [3.63, 3.8) is 0 Å². The maximum absolute atomic E-state index is 5.96. The summed E-state index contributed by atoms with van der Waals surface area (Å²) in [7, 11) is 0. The summed E-state index contributed by atoms with van der Waals surface area (Å²) < 4.78 is 0. The van der Waals surface area contributed by atoms with Crippen molar-refractivity contribution in [2.45, 2.75) is 39.8 Å². The van der Waals surface area contributed by atoms with Crippen molar-refractivity contribution in [1.82, 2.24) is 5.32 Å². The fraction of sp³-hybridized carbons (Fsp3) is 0.412. The molecule has 0 radical (unpaired) electrons. The van der Waals surface area contributed by atoms with Crippen molar-refractivity contribution in [3.8, 4) is 0 Å². The Bertz CT molecular complexity index is 525. The first-order chi connectivity index (χ1) is 9.46. The molecular formula is C17H24N2S. The smallest absolute Gasteiger partial charge is 0.0468 e. The maximum Gasteiger partial charge on any atom is 0.0468 e. The van der Waals surface area contributed by atoms with Gasteiger partial charge in [-0.3, -0.25) is 0 Å². The average molecular weight is 288 g/mol. The molecule has 108 valence electrons. The van der Waals surface area contributed by atoms with Crippen molar-refractivity contribution < 1.29 is 0 Å². The van der Waals surface area contributed by atoms with E-state index in [9.17, 15) is 0 Å². The standard InChI is InChI=1S/C17H24N2S/c1-17(2,3)11-15(13-7-5-4-6-8-13)19-12-16-14(18)9-10-20-16/h4-10,15,19H,11-12,18H2,1-3H3. The number of hydrogen-bond acceptors (Lipinski definition) is 3. The Morgan fingerprint density at radius 2 is 1.85 bits per heavy atom. The van der Waals surface area contributed by atoms with Crippen molar-refractivity contribution in [2.24, 2.45) is 5.41 Å². The van der Waals surface area contributed by atoms with Crippen molar-refractivity contribution in [2.75, 3.05) is 5.73 Å². The van der Waals surface area contributed by atoms with Gasteiger partial charge in [0.2, 0.25) is 0 Å². The van der Waals surface area contributed by atoms with Gasteiger partial charge in [0.15, 0.2) is 0 Å². The first-order valence-corrected chi connectivity index (χ1v) is 7.94. The molecule has 0 bridgehead atoms. The zero-order valence-electron chi connectivity index (χ0n) is 12.5. The lowest BCUT2D eigenvalue weighted by atomic mass is 9.85. The summed E-state index contributed by atoms with van der Waals surface area (Å²) in [5.41, 5.74) is 8.49. The van der Waals surface area contributed by atoms with Crippen LogP contribution in [0, 0.1) is 5.41 Å². The number of thiophene rings is 1.